The van der Waals surface area contributed by atoms with Crippen LogP contribution in [0.5, 0.6) is 0 Å². The maximum absolute atomic E-state index is 13.3. The number of rotatable bonds is 5. The van der Waals surface area contributed by atoms with E-state index >= 15 is 0 Å². The number of hydrogen-bond acceptors (Lipinski definition) is 3. The van der Waals surface area contributed by atoms with Gasteiger partial charge in [-0.05, 0) is 47.7 Å². The molecule has 0 aliphatic rings. The molecule has 3 nitrogen and oxygen atoms in total. The molecule has 1 aromatic heterocycles. The van der Waals surface area contributed by atoms with Crippen LogP contribution < -0.4 is 5.32 Å². The number of carbonyl (C=O) groups is 1. The first-order valence-electron chi connectivity index (χ1n) is 10.7. The van der Waals surface area contributed by atoms with Gasteiger partial charge in [0.2, 0.25) is 0 Å². The molecule has 0 unspecified atom stereocenters. The summed E-state index contributed by atoms with van der Waals surface area (Å²) in [6, 6.07) is 36.1. The Bertz CT molecular complexity index is 1430. The van der Waals surface area contributed by atoms with Gasteiger partial charge in [0.25, 0.3) is 5.91 Å². The Labute approximate surface area is 197 Å². The predicted octanol–water partition coefficient (Wildman–Crippen LogP) is 7.54. The summed E-state index contributed by atoms with van der Waals surface area (Å²) in [7, 11) is 0. The van der Waals surface area contributed by atoms with E-state index in [1.165, 1.54) is 5.56 Å². The molecule has 4 aromatic carbocycles. The lowest BCUT2D eigenvalue weighted by Gasteiger charge is -2.12. The third-order valence-corrected chi connectivity index (χ3v) is 6.30. The molecule has 0 aliphatic carbocycles. The number of hydrogen-bond donors (Lipinski definition) is 1. The summed E-state index contributed by atoms with van der Waals surface area (Å²) >= 11 is 1.65. The second-order valence-electron chi connectivity index (χ2n) is 7.70. The predicted molar refractivity (Wildman–Crippen MR) is 139 cm³/mol. The first-order chi connectivity index (χ1) is 16.2. The molecule has 1 N–H and O–H groups in total. The minimum absolute atomic E-state index is 0.144. The minimum Gasteiger partial charge on any atom is -0.322 e. The molecular weight excluding hydrogens is 424 g/mol. The molecule has 0 radical (unpaired) electrons. The maximum atomic E-state index is 13.3. The van der Waals surface area contributed by atoms with Crippen molar-refractivity contribution in [3.05, 3.63) is 115 Å². The molecule has 1 heterocycles. The number of carbonyl (C=O) groups excluding carboxylic acids is 1. The van der Waals surface area contributed by atoms with Crippen molar-refractivity contribution in [2.45, 2.75) is 4.90 Å². The van der Waals surface area contributed by atoms with Crippen molar-refractivity contribution < 1.29 is 4.79 Å². The van der Waals surface area contributed by atoms with Crippen molar-refractivity contribution >= 4 is 34.3 Å². The van der Waals surface area contributed by atoms with Crippen molar-refractivity contribution in [3.63, 3.8) is 0 Å². The van der Waals surface area contributed by atoms with Crippen LogP contribution in [0.2, 0.25) is 0 Å². The van der Waals surface area contributed by atoms with Gasteiger partial charge in [0, 0.05) is 21.5 Å². The number of aromatic nitrogens is 1. The topological polar surface area (TPSA) is 42.0 Å². The van der Waals surface area contributed by atoms with Gasteiger partial charge in [0.1, 0.15) is 0 Å². The van der Waals surface area contributed by atoms with Crippen molar-refractivity contribution in [2.24, 2.45) is 0 Å². The number of fused-ring (bicyclic) bond motifs is 1. The fraction of sp³-hybridized carbons (Fsp3) is 0.0345. The number of para-hydroxylation sites is 1. The smallest absolute Gasteiger partial charge is 0.256 e. The van der Waals surface area contributed by atoms with E-state index in [1.807, 2.05) is 79.1 Å². The largest absolute Gasteiger partial charge is 0.322 e. The molecule has 0 aliphatic heterocycles. The van der Waals surface area contributed by atoms with Gasteiger partial charge in [-0.25, -0.2) is 4.98 Å². The zero-order chi connectivity index (χ0) is 22.6. The van der Waals surface area contributed by atoms with E-state index < -0.39 is 0 Å². The van der Waals surface area contributed by atoms with Crippen molar-refractivity contribution in [2.75, 3.05) is 11.6 Å². The number of nitrogens with one attached hydrogen (secondary N) is 1. The molecule has 0 bridgehead atoms. The van der Waals surface area contributed by atoms with Crippen molar-refractivity contribution in [3.8, 4) is 22.4 Å². The molecule has 0 spiro atoms. The molecule has 160 valence electrons. The highest BCUT2D eigenvalue weighted by Gasteiger charge is 2.14. The SMILES string of the molecule is CSc1cccc(NC(=O)c2cc(-c3ccc(-c4ccccc4)cc3)nc3ccccc23)c1. The van der Waals surface area contributed by atoms with Gasteiger partial charge in [-0.3, -0.25) is 4.79 Å². The number of nitrogens with zero attached hydrogens (tertiary/aromatic N) is 1. The van der Waals surface area contributed by atoms with Crippen LogP contribution in [-0.2, 0) is 0 Å². The van der Waals surface area contributed by atoms with Crippen molar-refractivity contribution in [1.29, 1.82) is 0 Å². The minimum atomic E-state index is -0.144. The molecule has 4 heteroatoms. The first-order valence-corrected chi connectivity index (χ1v) is 11.9. The van der Waals surface area contributed by atoms with Crippen LogP contribution in [-0.4, -0.2) is 17.1 Å². The Morgan fingerprint density at radius 3 is 2.21 bits per heavy atom. The highest BCUT2D eigenvalue weighted by Crippen LogP contribution is 2.28. The summed E-state index contributed by atoms with van der Waals surface area (Å²) in [5.41, 5.74) is 6.24. The third kappa shape index (κ3) is 4.52. The fourth-order valence-corrected chi connectivity index (χ4v) is 4.33. The highest BCUT2D eigenvalue weighted by atomic mass is 32.2. The van der Waals surface area contributed by atoms with E-state index in [2.05, 4.69) is 41.7 Å². The van der Waals surface area contributed by atoms with Crippen LogP contribution in [0.25, 0.3) is 33.3 Å². The van der Waals surface area contributed by atoms with Gasteiger partial charge in [-0.15, -0.1) is 11.8 Å². The lowest BCUT2D eigenvalue weighted by Crippen LogP contribution is -2.13. The van der Waals surface area contributed by atoms with Gasteiger partial charge >= 0.3 is 0 Å². The standard InChI is InChI=1S/C29H22N2OS/c1-33-24-11-7-10-23(18-24)30-29(32)26-19-28(31-27-13-6-5-12-25(26)27)22-16-14-21(15-17-22)20-8-3-2-4-9-20/h2-19H,1H3,(H,30,32). The number of anilines is 1. The number of pyridine rings is 1. The molecule has 1 amide bonds. The normalized spacial score (nSPS) is 10.8. The molecular formula is C29H22N2OS. The van der Waals surface area contributed by atoms with Crippen LogP contribution >= 0.6 is 11.8 Å². The zero-order valence-electron chi connectivity index (χ0n) is 18.2. The van der Waals surface area contributed by atoms with E-state index in [1.54, 1.807) is 11.8 Å². The van der Waals surface area contributed by atoms with Crippen LogP contribution in [0.4, 0.5) is 5.69 Å². The number of benzene rings is 4. The number of amides is 1. The van der Waals surface area contributed by atoms with Gasteiger partial charge in [0.15, 0.2) is 0 Å². The zero-order valence-corrected chi connectivity index (χ0v) is 19.0. The second kappa shape index (κ2) is 9.31. The summed E-state index contributed by atoms with van der Waals surface area (Å²) in [5.74, 6) is -0.144. The third-order valence-electron chi connectivity index (χ3n) is 5.58. The monoisotopic (exact) mass is 446 g/mol. The van der Waals surface area contributed by atoms with Crippen LogP contribution in [0.1, 0.15) is 10.4 Å². The first kappa shape index (κ1) is 21.0. The van der Waals surface area contributed by atoms with Gasteiger partial charge in [-0.2, -0.15) is 0 Å². The average Bonchev–Trinajstić information content (AvgIpc) is 2.88. The van der Waals surface area contributed by atoms with Crippen molar-refractivity contribution in [1.82, 2.24) is 4.98 Å². The van der Waals surface area contributed by atoms with Crippen LogP contribution in [0.3, 0.4) is 0 Å². The van der Waals surface area contributed by atoms with E-state index in [0.717, 1.165) is 38.3 Å². The number of thioether (sulfide) groups is 1. The fourth-order valence-electron chi connectivity index (χ4n) is 3.87. The second-order valence-corrected chi connectivity index (χ2v) is 8.58. The Morgan fingerprint density at radius 1 is 0.727 bits per heavy atom. The van der Waals surface area contributed by atoms with Gasteiger partial charge < -0.3 is 5.32 Å². The summed E-state index contributed by atoms with van der Waals surface area (Å²) in [4.78, 5) is 19.2. The summed E-state index contributed by atoms with van der Waals surface area (Å²) in [6.07, 6.45) is 2.02. The Kier molecular flexibility index (Phi) is 5.92. The molecule has 33 heavy (non-hydrogen) atoms. The van der Waals surface area contributed by atoms with E-state index in [0.29, 0.717) is 5.56 Å². The summed E-state index contributed by atoms with van der Waals surface area (Å²) in [5, 5.41) is 3.89. The molecule has 0 atom stereocenters. The average molecular weight is 447 g/mol. The Morgan fingerprint density at radius 2 is 1.42 bits per heavy atom. The molecule has 0 saturated carbocycles. The van der Waals surface area contributed by atoms with Gasteiger partial charge in [-0.1, -0.05) is 78.9 Å². The molecule has 0 saturated heterocycles. The quantitative estimate of drug-likeness (QED) is 0.284. The highest BCUT2D eigenvalue weighted by molar-refractivity contribution is 7.98. The lowest BCUT2D eigenvalue weighted by atomic mass is 10.0. The van der Waals surface area contributed by atoms with E-state index in [9.17, 15) is 4.79 Å². The molecule has 5 aromatic rings. The van der Waals surface area contributed by atoms with E-state index in [-0.39, 0.29) is 5.91 Å². The molecule has 0 fully saturated rings. The maximum Gasteiger partial charge on any atom is 0.256 e. The lowest BCUT2D eigenvalue weighted by molar-refractivity contribution is 0.102. The van der Waals surface area contributed by atoms with Crippen LogP contribution in [0.15, 0.2) is 114 Å². The molecule has 5 rings (SSSR count). The van der Waals surface area contributed by atoms with Gasteiger partial charge in [0.05, 0.1) is 16.8 Å². The van der Waals surface area contributed by atoms with E-state index in [4.69, 9.17) is 4.98 Å². The Hall–Kier alpha value is -3.89. The van der Waals surface area contributed by atoms with Crippen LogP contribution in [0, 0.1) is 0 Å². The summed E-state index contributed by atoms with van der Waals surface area (Å²) in [6.45, 7) is 0. The summed E-state index contributed by atoms with van der Waals surface area (Å²) < 4.78 is 0. The Balaban J connectivity index is 1.52.